The number of hydrogen-bond acceptors (Lipinski definition) is 2. The van der Waals surface area contributed by atoms with Gasteiger partial charge in [0.1, 0.15) is 6.04 Å². The summed E-state index contributed by atoms with van der Waals surface area (Å²) in [6.07, 6.45) is -3.61. The number of hydrogen-bond donors (Lipinski definition) is 1. The Kier molecular flexibility index (Phi) is 3.14. The van der Waals surface area contributed by atoms with Gasteiger partial charge in [0.2, 0.25) is 0 Å². The summed E-state index contributed by atoms with van der Waals surface area (Å²) in [6.45, 7) is 0.169. The summed E-state index contributed by atoms with van der Waals surface area (Å²) in [5, 5.41) is 2.11. The van der Waals surface area contributed by atoms with Gasteiger partial charge in [-0.3, -0.25) is 4.79 Å². The first kappa shape index (κ1) is 11.0. The standard InChI is InChI=1S/C11H11F2NO2/c12-10(13)8-9(11(15)14-8)16-6-7-4-2-1-3-5-7/h1-5,8-10H,6H2,(H,14,15)/t8-,9-/m1/s1. The van der Waals surface area contributed by atoms with E-state index in [1.165, 1.54) is 0 Å². The molecule has 16 heavy (non-hydrogen) atoms. The van der Waals surface area contributed by atoms with Gasteiger partial charge in [0.05, 0.1) is 6.61 Å². The highest BCUT2D eigenvalue weighted by Crippen LogP contribution is 2.19. The molecule has 0 radical (unpaired) electrons. The molecule has 2 atom stereocenters. The minimum Gasteiger partial charge on any atom is -0.361 e. The fourth-order valence-corrected chi connectivity index (χ4v) is 1.52. The van der Waals surface area contributed by atoms with Crippen LogP contribution in [0.15, 0.2) is 30.3 Å². The van der Waals surface area contributed by atoms with E-state index in [0.717, 1.165) is 5.56 Å². The number of alkyl halides is 2. The van der Waals surface area contributed by atoms with E-state index >= 15 is 0 Å². The molecule has 0 aliphatic carbocycles. The quantitative estimate of drug-likeness (QED) is 0.788. The minimum absolute atomic E-state index is 0.169. The Morgan fingerprint density at radius 3 is 2.56 bits per heavy atom. The van der Waals surface area contributed by atoms with Crippen LogP contribution in [-0.4, -0.2) is 24.5 Å². The maximum absolute atomic E-state index is 12.3. The van der Waals surface area contributed by atoms with Crippen molar-refractivity contribution >= 4 is 5.91 Å². The first-order chi connectivity index (χ1) is 7.68. The molecule has 1 fully saturated rings. The Labute approximate surface area is 91.4 Å². The summed E-state index contributed by atoms with van der Waals surface area (Å²) in [4.78, 5) is 11.0. The van der Waals surface area contributed by atoms with Crippen molar-refractivity contribution in [2.45, 2.75) is 25.2 Å². The van der Waals surface area contributed by atoms with Crippen molar-refractivity contribution in [3.8, 4) is 0 Å². The van der Waals surface area contributed by atoms with Crippen molar-refractivity contribution in [1.29, 1.82) is 0 Å². The van der Waals surface area contributed by atoms with Crippen LogP contribution in [0.5, 0.6) is 0 Å². The smallest absolute Gasteiger partial charge is 0.261 e. The Hall–Kier alpha value is -1.49. The molecule has 1 aromatic rings. The van der Waals surface area contributed by atoms with Gasteiger partial charge in [0.15, 0.2) is 6.10 Å². The fourth-order valence-electron chi connectivity index (χ4n) is 1.52. The van der Waals surface area contributed by atoms with E-state index in [4.69, 9.17) is 4.74 Å². The molecule has 1 heterocycles. The van der Waals surface area contributed by atoms with Crippen LogP contribution in [0.3, 0.4) is 0 Å². The second kappa shape index (κ2) is 4.57. The molecule has 1 saturated heterocycles. The van der Waals surface area contributed by atoms with Crippen LogP contribution in [0.1, 0.15) is 5.56 Å². The predicted octanol–water partition coefficient (Wildman–Crippen LogP) is 1.34. The van der Waals surface area contributed by atoms with E-state index in [1.54, 1.807) is 0 Å². The Balaban J connectivity index is 1.88. The van der Waals surface area contributed by atoms with E-state index in [1.807, 2.05) is 30.3 Å². The van der Waals surface area contributed by atoms with Crippen LogP contribution in [0.25, 0.3) is 0 Å². The van der Waals surface area contributed by atoms with Gasteiger partial charge in [-0.05, 0) is 5.56 Å². The molecular formula is C11H11F2NO2. The summed E-state index contributed by atoms with van der Waals surface area (Å²) >= 11 is 0. The molecule has 0 bridgehead atoms. The largest absolute Gasteiger partial charge is 0.361 e. The molecule has 3 nitrogen and oxygen atoms in total. The molecular weight excluding hydrogens is 216 g/mol. The molecule has 0 aromatic heterocycles. The van der Waals surface area contributed by atoms with Gasteiger partial charge in [-0.2, -0.15) is 0 Å². The van der Waals surface area contributed by atoms with Gasteiger partial charge in [0.25, 0.3) is 12.3 Å². The van der Waals surface area contributed by atoms with Crippen molar-refractivity contribution in [3.63, 3.8) is 0 Å². The van der Waals surface area contributed by atoms with Crippen molar-refractivity contribution in [2.24, 2.45) is 0 Å². The number of rotatable bonds is 4. The maximum Gasteiger partial charge on any atom is 0.261 e. The number of benzene rings is 1. The number of ether oxygens (including phenoxy) is 1. The average Bonchev–Trinajstić information content (AvgIpc) is 2.27. The highest BCUT2D eigenvalue weighted by molar-refractivity contribution is 5.88. The van der Waals surface area contributed by atoms with Crippen molar-refractivity contribution < 1.29 is 18.3 Å². The molecule has 86 valence electrons. The molecule has 1 amide bonds. The number of β-lactam (4-membered cyclic amide) rings is 1. The lowest BCUT2D eigenvalue weighted by molar-refractivity contribution is -0.158. The number of amides is 1. The normalized spacial score (nSPS) is 24.1. The van der Waals surface area contributed by atoms with Gasteiger partial charge in [-0.25, -0.2) is 8.78 Å². The first-order valence-electron chi connectivity index (χ1n) is 4.92. The van der Waals surface area contributed by atoms with E-state index in [9.17, 15) is 13.6 Å². The summed E-state index contributed by atoms with van der Waals surface area (Å²) in [6, 6.07) is 7.95. The average molecular weight is 227 g/mol. The number of carbonyl (C=O) groups excluding carboxylic acids is 1. The van der Waals surface area contributed by atoms with Crippen LogP contribution in [0, 0.1) is 0 Å². The first-order valence-corrected chi connectivity index (χ1v) is 4.92. The molecule has 0 saturated carbocycles. The van der Waals surface area contributed by atoms with Gasteiger partial charge in [-0.1, -0.05) is 30.3 Å². The van der Waals surface area contributed by atoms with Crippen LogP contribution >= 0.6 is 0 Å². The molecule has 1 aliphatic rings. The lowest BCUT2D eigenvalue weighted by atomic mass is 10.0. The van der Waals surface area contributed by atoms with Crippen LogP contribution in [0.4, 0.5) is 8.78 Å². The van der Waals surface area contributed by atoms with Crippen molar-refractivity contribution in [1.82, 2.24) is 5.32 Å². The van der Waals surface area contributed by atoms with E-state index < -0.39 is 24.5 Å². The zero-order valence-corrected chi connectivity index (χ0v) is 8.40. The van der Waals surface area contributed by atoms with E-state index in [2.05, 4.69) is 5.32 Å². The fraction of sp³-hybridized carbons (Fsp3) is 0.364. The Bertz CT molecular complexity index is 370. The van der Waals surface area contributed by atoms with Gasteiger partial charge in [0, 0.05) is 0 Å². The van der Waals surface area contributed by atoms with Crippen LogP contribution < -0.4 is 5.32 Å². The Morgan fingerprint density at radius 2 is 2.00 bits per heavy atom. The Morgan fingerprint density at radius 1 is 1.31 bits per heavy atom. The lowest BCUT2D eigenvalue weighted by Crippen LogP contribution is -2.66. The van der Waals surface area contributed by atoms with E-state index in [-0.39, 0.29) is 6.61 Å². The summed E-state index contributed by atoms with van der Waals surface area (Å²) in [5.74, 6) is -0.471. The number of nitrogens with one attached hydrogen (secondary N) is 1. The molecule has 1 aromatic carbocycles. The van der Waals surface area contributed by atoms with Gasteiger partial charge < -0.3 is 10.1 Å². The minimum atomic E-state index is -2.58. The molecule has 0 unspecified atom stereocenters. The molecule has 5 heteroatoms. The second-order valence-corrected chi connectivity index (χ2v) is 3.59. The monoisotopic (exact) mass is 227 g/mol. The topological polar surface area (TPSA) is 38.3 Å². The molecule has 1 aliphatic heterocycles. The van der Waals surface area contributed by atoms with Gasteiger partial charge >= 0.3 is 0 Å². The van der Waals surface area contributed by atoms with Crippen molar-refractivity contribution in [2.75, 3.05) is 0 Å². The third-order valence-electron chi connectivity index (χ3n) is 2.44. The van der Waals surface area contributed by atoms with Crippen LogP contribution in [0.2, 0.25) is 0 Å². The number of carbonyl (C=O) groups is 1. The third-order valence-corrected chi connectivity index (χ3v) is 2.44. The zero-order valence-electron chi connectivity index (χ0n) is 8.40. The zero-order chi connectivity index (χ0) is 11.5. The second-order valence-electron chi connectivity index (χ2n) is 3.59. The summed E-state index contributed by atoms with van der Waals surface area (Å²) in [7, 11) is 0. The van der Waals surface area contributed by atoms with Gasteiger partial charge in [-0.15, -0.1) is 0 Å². The number of halogens is 2. The highest BCUT2D eigenvalue weighted by Gasteiger charge is 2.45. The predicted molar refractivity (Wildman–Crippen MR) is 53.0 cm³/mol. The van der Waals surface area contributed by atoms with Crippen LogP contribution in [-0.2, 0) is 16.1 Å². The molecule has 2 rings (SSSR count). The van der Waals surface area contributed by atoms with E-state index in [0.29, 0.717) is 0 Å². The van der Waals surface area contributed by atoms with Crippen molar-refractivity contribution in [3.05, 3.63) is 35.9 Å². The summed E-state index contributed by atoms with van der Waals surface area (Å²) in [5.41, 5.74) is 0.857. The summed E-state index contributed by atoms with van der Waals surface area (Å²) < 4.78 is 29.8. The lowest BCUT2D eigenvalue weighted by Gasteiger charge is -2.35. The maximum atomic E-state index is 12.3. The third kappa shape index (κ3) is 2.19. The SMILES string of the molecule is O=C1N[C@@H](C(F)F)[C@H]1OCc1ccccc1. The molecule has 1 N–H and O–H groups in total. The highest BCUT2D eigenvalue weighted by atomic mass is 19.3. The molecule has 0 spiro atoms.